The van der Waals surface area contributed by atoms with Gasteiger partial charge >= 0.3 is 5.69 Å². The molecule has 0 amide bonds. The highest BCUT2D eigenvalue weighted by molar-refractivity contribution is 5.31. The van der Waals surface area contributed by atoms with E-state index in [0.717, 1.165) is 5.56 Å². The third-order valence-corrected chi connectivity index (χ3v) is 2.59. The summed E-state index contributed by atoms with van der Waals surface area (Å²) >= 11 is 0. The molecule has 84 valence electrons. The summed E-state index contributed by atoms with van der Waals surface area (Å²) in [6.07, 6.45) is 5.06. The first-order chi connectivity index (χ1) is 8.33. The van der Waals surface area contributed by atoms with Gasteiger partial charge in [0.15, 0.2) is 6.54 Å². The van der Waals surface area contributed by atoms with E-state index in [9.17, 15) is 4.79 Å². The van der Waals surface area contributed by atoms with Crippen LogP contribution in [-0.2, 0) is 6.54 Å². The van der Waals surface area contributed by atoms with Crippen LogP contribution < -0.4 is 10.4 Å². The van der Waals surface area contributed by atoms with Crippen LogP contribution in [0.1, 0.15) is 5.56 Å². The predicted molar refractivity (Wildman–Crippen MR) is 61.6 cm³/mol. The van der Waals surface area contributed by atoms with Crippen molar-refractivity contribution in [2.75, 3.05) is 0 Å². The van der Waals surface area contributed by atoms with E-state index in [1.807, 2.05) is 36.5 Å². The maximum atomic E-state index is 11.7. The molecule has 3 rings (SSSR count). The molecule has 2 heterocycles. The molecular weight excluding hydrogens is 216 g/mol. The van der Waals surface area contributed by atoms with Crippen LogP contribution in [-0.4, -0.2) is 14.5 Å². The molecule has 0 saturated carbocycles. The van der Waals surface area contributed by atoms with Gasteiger partial charge in [-0.1, -0.05) is 30.3 Å². The minimum atomic E-state index is -0.184. The van der Waals surface area contributed by atoms with Crippen molar-refractivity contribution in [3.8, 4) is 0 Å². The molecule has 0 saturated heterocycles. The van der Waals surface area contributed by atoms with Gasteiger partial charge in [-0.2, -0.15) is 0 Å². The third-order valence-electron chi connectivity index (χ3n) is 2.59. The number of hydrogen-bond acceptors (Lipinski definition) is 2. The molecule has 0 bridgehead atoms. The van der Waals surface area contributed by atoms with Gasteiger partial charge in [-0.05, 0) is 0 Å². The van der Waals surface area contributed by atoms with Crippen molar-refractivity contribution in [3.05, 3.63) is 65.0 Å². The van der Waals surface area contributed by atoms with Gasteiger partial charge in [0, 0.05) is 18.0 Å². The first-order valence-electron chi connectivity index (χ1n) is 5.33. The number of aromatic nitrogens is 4. The van der Waals surface area contributed by atoms with Crippen LogP contribution in [0, 0.1) is 0 Å². The first-order valence-corrected chi connectivity index (χ1v) is 5.33. The Labute approximate surface area is 97.0 Å². The van der Waals surface area contributed by atoms with Crippen LogP contribution in [0.3, 0.4) is 0 Å². The largest absolute Gasteiger partial charge is 0.380 e. The SMILES string of the molecule is O=c1[nH][n+](Cc2ccccc2)cc2nccn12. The van der Waals surface area contributed by atoms with Gasteiger partial charge in [0.05, 0.1) is 0 Å². The van der Waals surface area contributed by atoms with E-state index in [1.165, 1.54) is 4.40 Å². The Morgan fingerprint density at radius 2 is 2.12 bits per heavy atom. The second kappa shape index (κ2) is 3.86. The quantitative estimate of drug-likeness (QED) is 0.643. The standard InChI is InChI=1S/C12H10N4O/c17-12-14-15(8-10-4-2-1-3-5-10)9-11-13-6-7-16(11)12/h1-7,9H,8H2/p+1. The van der Waals surface area contributed by atoms with E-state index < -0.39 is 0 Å². The Hall–Kier alpha value is -2.43. The lowest BCUT2D eigenvalue weighted by Gasteiger charge is -1.97. The molecule has 1 N–H and O–H groups in total. The van der Waals surface area contributed by atoms with Crippen LogP contribution >= 0.6 is 0 Å². The number of H-pyrrole nitrogens is 1. The Morgan fingerprint density at radius 1 is 1.29 bits per heavy atom. The number of aromatic amines is 1. The summed E-state index contributed by atoms with van der Waals surface area (Å²) in [5.74, 6) is 0. The second-order valence-electron chi connectivity index (χ2n) is 3.81. The van der Waals surface area contributed by atoms with Crippen LogP contribution in [0.4, 0.5) is 0 Å². The van der Waals surface area contributed by atoms with Gasteiger partial charge in [0.2, 0.25) is 11.8 Å². The van der Waals surface area contributed by atoms with Gasteiger partial charge < -0.3 is 0 Å². The summed E-state index contributed by atoms with van der Waals surface area (Å²) in [7, 11) is 0. The summed E-state index contributed by atoms with van der Waals surface area (Å²) in [6.45, 7) is 0.624. The Balaban J connectivity index is 2.04. The number of hydrogen-bond donors (Lipinski definition) is 1. The van der Waals surface area contributed by atoms with Gasteiger partial charge in [-0.15, -0.1) is 9.78 Å². The summed E-state index contributed by atoms with van der Waals surface area (Å²) in [5.41, 5.74) is 1.59. The molecule has 5 heteroatoms. The average Bonchev–Trinajstić information content (AvgIpc) is 2.79. The molecule has 2 aromatic heterocycles. The highest BCUT2D eigenvalue weighted by Crippen LogP contribution is 1.97. The smallest absolute Gasteiger partial charge is 0.243 e. The van der Waals surface area contributed by atoms with E-state index >= 15 is 0 Å². The number of imidazole rings is 1. The van der Waals surface area contributed by atoms with Gasteiger partial charge in [-0.25, -0.2) is 14.2 Å². The molecule has 0 fully saturated rings. The molecular formula is C12H11N4O+. The summed E-state index contributed by atoms with van der Waals surface area (Å²) in [4.78, 5) is 15.8. The normalized spacial score (nSPS) is 10.8. The van der Waals surface area contributed by atoms with E-state index in [-0.39, 0.29) is 5.69 Å². The molecule has 1 aromatic carbocycles. The van der Waals surface area contributed by atoms with Crippen molar-refractivity contribution >= 4 is 5.65 Å². The summed E-state index contributed by atoms with van der Waals surface area (Å²) in [5, 5.41) is 2.77. The summed E-state index contributed by atoms with van der Waals surface area (Å²) in [6, 6.07) is 9.95. The summed E-state index contributed by atoms with van der Waals surface area (Å²) < 4.78 is 3.21. The van der Waals surface area contributed by atoms with E-state index in [0.29, 0.717) is 12.2 Å². The van der Waals surface area contributed by atoms with E-state index in [2.05, 4.69) is 10.1 Å². The van der Waals surface area contributed by atoms with E-state index in [1.54, 1.807) is 17.1 Å². The third kappa shape index (κ3) is 1.82. The maximum absolute atomic E-state index is 11.7. The molecule has 0 aliphatic rings. The lowest BCUT2D eigenvalue weighted by Crippen LogP contribution is -2.44. The second-order valence-corrected chi connectivity index (χ2v) is 3.81. The number of rotatable bonds is 2. The Morgan fingerprint density at radius 3 is 2.94 bits per heavy atom. The lowest BCUT2D eigenvalue weighted by atomic mass is 10.2. The molecule has 0 radical (unpaired) electrons. The zero-order valence-corrected chi connectivity index (χ0v) is 9.08. The van der Waals surface area contributed by atoms with Gasteiger partial charge in [0.25, 0.3) is 0 Å². The zero-order valence-electron chi connectivity index (χ0n) is 9.08. The first kappa shape index (κ1) is 9.77. The van der Waals surface area contributed by atoms with Crippen molar-refractivity contribution in [2.24, 2.45) is 0 Å². The molecule has 0 atom stereocenters. The van der Waals surface area contributed by atoms with Gasteiger partial charge in [0.1, 0.15) is 0 Å². The van der Waals surface area contributed by atoms with Crippen LogP contribution in [0.15, 0.2) is 53.7 Å². The van der Waals surface area contributed by atoms with E-state index in [4.69, 9.17) is 0 Å². The van der Waals surface area contributed by atoms with Crippen molar-refractivity contribution in [2.45, 2.75) is 6.54 Å². The topological polar surface area (TPSA) is 54.0 Å². The minimum Gasteiger partial charge on any atom is -0.243 e. The number of fused-ring (bicyclic) bond motifs is 1. The average molecular weight is 227 g/mol. The number of nitrogens with one attached hydrogen (secondary N) is 1. The van der Waals surface area contributed by atoms with Gasteiger partial charge in [-0.3, -0.25) is 0 Å². The van der Waals surface area contributed by atoms with Crippen LogP contribution in [0.5, 0.6) is 0 Å². The Kier molecular flexibility index (Phi) is 2.22. The fourth-order valence-electron chi connectivity index (χ4n) is 1.80. The number of nitrogens with zero attached hydrogens (tertiary/aromatic N) is 3. The molecule has 0 aliphatic carbocycles. The van der Waals surface area contributed by atoms with Crippen molar-refractivity contribution in [1.82, 2.24) is 14.5 Å². The van der Waals surface area contributed by atoms with Crippen molar-refractivity contribution in [1.29, 1.82) is 0 Å². The Bertz CT molecular complexity index is 699. The molecule has 0 spiro atoms. The van der Waals surface area contributed by atoms with Crippen LogP contribution in [0.2, 0.25) is 0 Å². The van der Waals surface area contributed by atoms with Crippen molar-refractivity contribution < 1.29 is 4.68 Å². The monoisotopic (exact) mass is 227 g/mol. The van der Waals surface area contributed by atoms with Crippen LogP contribution in [0.25, 0.3) is 5.65 Å². The molecule has 0 unspecified atom stereocenters. The fraction of sp³-hybridized carbons (Fsp3) is 0.0833. The maximum Gasteiger partial charge on any atom is 0.380 e. The lowest BCUT2D eigenvalue weighted by molar-refractivity contribution is -0.747. The molecule has 0 aliphatic heterocycles. The van der Waals surface area contributed by atoms with Crippen molar-refractivity contribution in [3.63, 3.8) is 0 Å². The zero-order chi connectivity index (χ0) is 11.7. The highest BCUT2D eigenvalue weighted by atomic mass is 16.1. The molecule has 17 heavy (non-hydrogen) atoms. The highest BCUT2D eigenvalue weighted by Gasteiger charge is 2.08. The fourth-order valence-corrected chi connectivity index (χ4v) is 1.80. The number of benzene rings is 1. The molecule has 5 nitrogen and oxygen atoms in total. The predicted octanol–water partition coefficient (Wildman–Crippen LogP) is 0.358. The molecule has 3 aromatic rings. The minimum absolute atomic E-state index is 0.184.